The molecule has 3 aromatic rings. The van der Waals surface area contributed by atoms with Crippen LogP contribution in [0.15, 0.2) is 47.1 Å². The number of rotatable bonds is 5. The molecular formula is C19H20BrN3O2. The number of ether oxygens (including phenoxy) is 2. The number of nitrogens with zero attached hydrogens (tertiary/aromatic N) is 2. The summed E-state index contributed by atoms with van der Waals surface area (Å²) in [5.74, 6) is 1.82. The SMILES string of the molecule is COc1ccc(-c2nc3ccc(Br)cn3c2NCC2CCCO2)cc1. The van der Waals surface area contributed by atoms with Gasteiger partial charge in [-0.05, 0) is 65.2 Å². The first-order chi connectivity index (χ1) is 12.2. The van der Waals surface area contributed by atoms with Gasteiger partial charge in [0.1, 0.15) is 22.9 Å². The van der Waals surface area contributed by atoms with Gasteiger partial charge in [-0.15, -0.1) is 0 Å². The Hall–Kier alpha value is -2.05. The second kappa shape index (κ2) is 7.06. The Morgan fingerprint density at radius 1 is 1.28 bits per heavy atom. The van der Waals surface area contributed by atoms with Crippen LogP contribution in [0.3, 0.4) is 0 Å². The molecular weight excluding hydrogens is 382 g/mol. The zero-order valence-corrected chi connectivity index (χ0v) is 15.6. The molecule has 1 N–H and O–H groups in total. The number of methoxy groups -OCH3 is 1. The summed E-state index contributed by atoms with van der Waals surface area (Å²) in [4.78, 5) is 4.82. The van der Waals surface area contributed by atoms with Gasteiger partial charge in [0, 0.05) is 29.4 Å². The smallest absolute Gasteiger partial charge is 0.139 e. The largest absolute Gasteiger partial charge is 0.497 e. The van der Waals surface area contributed by atoms with Crippen molar-refractivity contribution in [1.82, 2.24) is 9.38 Å². The second-order valence-electron chi connectivity index (χ2n) is 6.13. The number of aromatic nitrogens is 2. The number of anilines is 1. The molecule has 5 nitrogen and oxygen atoms in total. The molecule has 0 amide bonds. The van der Waals surface area contributed by atoms with Crippen molar-refractivity contribution in [3.63, 3.8) is 0 Å². The van der Waals surface area contributed by atoms with Crippen molar-refractivity contribution in [2.75, 3.05) is 25.6 Å². The molecule has 0 spiro atoms. The van der Waals surface area contributed by atoms with E-state index in [4.69, 9.17) is 14.5 Å². The van der Waals surface area contributed by atoms with Gasteiger partial charge in [-0.2, -0.15) is 0 Å². The summed E-state index contributed by atoms with van der Waals surface area (Å²) in [6.45, 7) is 1.64. The number of fused-ring (bicyclic) bond motifs is 1. The Balaban J connectivity index is 1.74. The number of benzene rings is 1. The van der Waals surface area contributed by atoms with Gasteiger partial charge in [0.25, 0.3) is 0 Å². The first kappa shape index (κ1) is 16.4. The monoisotopic (exact) mass is 401 g/mol. The van der Waals surface area contributed by atoms with E-state index in [0.29, 0.717) is 0 Å². The number of hydrogen-bond donors (Lipinski definition) is 1. The van der Waals surface area contributed by atoms with E-state index in [0.717, 1.165) is 58.9 Å². The van der Waals surface area contributed by atoms with Crippen LogP contribution in [0.5, 0.6) is 5.75 Å². The molecule has 0 bridgehead atoms. The van der Waals surface area contributed by atoms with Crippen molar-refractivity contribution < 1.29 is 9.47 Å². The standard InChI is InChI=1S/C19H20BrN3O2/c1-24-15-7-4-13(5-8-15)18-19(21-11-16-3-2-10-25-16)23-12-14(20)6-9-17(23)22-18/h4-9,12,16,21H,2-3,10-11H2,1H3. The molecule has 1 fully saturated rings. The van der Waals surface area contributed by atoms with Crippen molar-refractivity contribution in [3.05, 3.63) is 47.1 Å². The lowest BCUT2D eigenvalue weighted by molar-refractivity contribution is 0.120. The summed E-state index contributed by atoms with van der Waals surface area (Å²) in [5.41, 5.74) is 2.89. The average molecular weight is 402 g/mol. The maximum Gasteiger partial charge on any atom is 0.139 e. The molecule has 0 saturated carbocycles. The fourth-order valence-corrected chi connectivity index (χ4v) is 3.49. The maximum absolute atomic E-state index is 5.74. The minimum absolute atomic E-state index is 0.265. The van der Waals surface area contributed by atoms with Gasteiger partial charge >= 0.3 is 0 Å². The third-order valence-corrected chi connectivity index (χ3v) is 4.94. The van der Waals surface area contributed by atoms with Crippen LogP contribution in [0.4, 0.5) is 5.82 Å². The van der Waals surface area contributed by atoms with E-state index < -0.39 is 0 Å². The highest BCUT2D eigenvalue weighted by Gasteiger charge is 2.19. The van der Waals surface area contributed by atoms with Crippen molar-refractivity contribution in [2.24, 2.45) is 0 Å². The number of hydrogen-bond acceptors (Lipinski definition) is 4. The third-order valence-electron chi connectivity index (χ3n) is 4.47. The predicted molar refractivity (Wildman–Crippen MR) is 102 cm³/mol. The minimum Gasteiger partial charge on any atom is -0.497 e. The lowest BCUT2D eigenvalue weighted by atomic mass is 10.1. The molecule has 25 heavy (non-hydrogen) atoms. The number of pyridine rings is 1. The molecule has 6 heteroatoms. The number of halogens is 1. The Morgan fingerprint density at radius 2 is 2.12 bits per heavy atom. The zero-order chi connectivity index (χ0) is 17.2. The topological polar surface area (TPSA) is 47.8 Å². The normalized spacial score (nSPS) is 17.1. The summed E-state index contributed by atoms with van der Waals surface area (Å²) in [6.07, 6.45) is 4.54. The third kappa shape index (κ3) is 3.37. The van der Waals surface area contributed by atoms with E-state index in [2.05, 4.69) is 25.6 Å². The summed E-state index contributed by atoms with van der Waals surface area (Å²) in [5, 5.41) is 3.56. The van der Waals surface area contributed by atoms with Crippen LogP contribution in [0, 0.1) is 0 Å². The van der Waals surface area contributed by atoms with E-state index in [9.17, 15) is 0 Å². The Bertz CT molecular complexity index is 870. The van der Waals surface area contributed by atoms with Crippen molar-refractivity contribution in [3.8, 4) is 17.0 Å². The first-order valence-electron chi connectivity index (χ1n) is 8.42. The fourth-order valence-electron chi connectivity index (χ4n) is 3.15. The van der Waals surface area contributed by atoms with Gasteiger partial charge < -0.3 is 14.8 Å². The summed E-state index contributed by atoms with van der Waals surface area (Å²) in [6, 6.07) is 12.0. The molecule has 4 rings (SSSR count). The van der Waals surface area contributed by atoms with Gasteiger partial charge in [-0.3, -0.25) is 4.40 Å². The van der Waals surface area contributed by atoms with E-state index >= 15 is 0 Å². The second-order valence-corrected chi connectivity index (χ2v) is 7.04. The van der Waals surface area contributed by atoms with Crippen LogP contribution in [0.1, 0.15) is 12.8 Å². The van der Waals surface area contributed by atoms with E-state index in [-0.39, 0.29) is 6.10 Å². The zero-order valence-electron chi connectivity index (χ0n) is 14.0. The lowest BCUT2D eigenvalue weighted by Gasteiger charge is -2.13. The fraction of sp³-hybridized carbons (Fsp3) is 0.316. The molecule has 1 aromatic carbocycles. The molecule has 1 unspecified atom stereocenters. The van der Waals surface area contributed by atoms with E-state index in [1.54, 1.807) is 7.11 Å². The molecule has 1 aliphatic heterocycles. The van der Waals surface area contributed by atoms with Crippen molar-refractivity contribution in [1.29, 1.82) is 0 Å². The summed E-state index contributed by atoms with van der Waals surface area (Å²) < 4.78 is 14.1. The molecule has 130 valence electrons. The number of nitrogens with one attached hydrogen (secondary N) is 1. The summed E-state index contributed by atoms with van der Waals surface area (Å²) >= 11 is 3.55. The van der Waals surface area contributed by atoms with Crippen molar-refractivity contribution >= 4 is 27.4 Å². The predicted octanol–water partition coefficient (Wildman–Crippen LogP) is 4.36. The highest BCUT2D eigenvalue weighted by atomic mass is 79.9. The van der Waals surface area contributed by atoms with Gasteiger partial charge in [0.15, 0.2) is 0 Å². The molecule has 0 aliphatic carbocycles. The average Bonchev–Trinajstić information content (AvgIpc) is 3.27. The van der Waals surface area contributed by atoms with Crippen LogP contribution in [-0.4, -0.2) is 35.8 Å². The van der Waals surface area contributed by atoms with Gasteiger partial charge in [0.2, 0.25) is 0 Å². The van der Waals surface area contributed by atoms with Crippen LogP contribution in [0.2, 0.25) is 0 Å². The highest BCUT2D eigenvalue weighted by Crippen LogP contribution is 2.31. The van der Waals surface area contributed by atoms with Gasteiger partial charge in [-0.1, -0.05) is 0 Å². The quantitative estimate of drug-likeness (QED) is 0.689. The summed E-state index contributed by atoms with van der Waals surface area (Å²) in [7, 11) is 1.67. The molecule has 1 saturated heterocycles. The van der Waals surface area contributed by atoms with Gasteiger partial charge in [-0.25, -0.2) is 4.98 Å². The lowest BCUT2D eigenvalue weighted by Crippen LogP contribution is -2.19. The van der Waals surface area contributed by atoms with Crippen LogP contribution < -0.4 is 10.1 Å². The Kier molecular flexibility index (Phi) is 4.63. The number of imidazole rings is 1. The molecule has 2 aromatic heterocycles. The highest BCUT2D eigenvalue weighted by molar-refractivity contribution is 9.10. The molecule has 1 atom stereocenters. The maximum atomic E-state index is 5.74. The Labute approximate surface area is 155 Å². The minimum atomic E-state index is 0.265. The molecule has 3 heterocycles. The van der Waals surface area contributed by atoms with Crippen LogP contribution in [-0.2, 0) is 4.74 Å². The van der Waals surface area contributed by atoms with E-state index in [1.165, 1.54) is 0 Å². The molecule has 1 aliphatic rings. The van der Waals surface area contributed by atoms with Gasteiger partial charge in [0.05, 0.1) is 13.2 Å². The first-order valence-corrected chi connectivity index (χ1v) is 9.21. The molecule has 0 radical (unpaired) electrons. The Morgan fingerprint density at radius 3 is 2.84 bits per heavy atom. The van der Waals surface area contributed by atoms with Crippen LogP contribution in [0.25, 0.3) is 16.9 Å². The van der Waals surface area contributed by atoms with Crippen molar-refractivity contribution in [2.45, 2.75) is 18.9 Å². The van der Waals surface area contributed by atoms with E-state index in [1.807, 2.05) is 42.6 Å². The van der Waals surface area contributed by atoms with Crippen LogP contribution >= 0.6 is 15.9 Å².